The molecule has 1 fully saturated rings. The quantitative estimate of drug-likeness (QED) is 0.797. The van der Waals surface area contributed by atoms with Gasteiger partial charge in [0.05, 0.1) is 29.7 Å². The van der Waals surface area contributed by atoms with Gasteiger partial charge in [-0.3, -0.25) is 4.79 Å². The zero-order chi connectivity index (χ0) is 20.3. The van der Waals surface area contributed by atoms with Crippen molar-refractivity contribution in [3.8, 4) is 0 Å². The van der Waals surface area contributed by atoms with Crippen LogP contribution in [0.5, 0.6) is 0 Å². The minimum atomic E-state index is -3.83. The smallest absolute Gasteiger partial charge is 0.254 e. The van der Waals surface area contributed by atoms with Gasteiger partial charge < -0.3 is 10.1 Å². The molecule has 0 aliphatic carbocycles. The third-order valence-electron chi connectivity index (χ3n) is 4.49. The molecule has 3 rings (SSSR count). The van der Waals surface area contributed by atoms with Gasteiger partial charge in [-0.25, -0.2) is 12.8 Å². The molecule has 1 N–H and O–H groups in total. The van der Waals surface area contributed by atoms with E-state index in [1.54, 1.807) is 31.2 Å². The first-order valence-electron chi connectivity index (χ1n) is 8.73. The first kappa shape index (κ1) is 20.7. The molecule has 1 saturated heterocycles. The summed E-state index contributed by atoms with van der Waals surface area (Å²) in [5, 5.41) is 3.19. The summed E-state index contributed by atoms with van der Waals surface area (Å²) in [4.78, 5) is 12.4. The van der Waals surface area contributed by atoms with Crippen LogP contribution in [-0.2, 0) is 14.8 Å². The number of nitrogens with one attached hydrogen (secondary N) is 1. The van der Waals surface area contributed by atoms with E-state index in [-0.39, 0.29) is 23.5 Å². The average Bonchev–Trinajstić information content (AvgIpc) is 2.68. The van der Waals surface area contributed by atoms with Crippen LogP contribution in [0.2, 0.25) is 5.02 Å². The number of ether oxygens (including phenoxy) is 1. The Labute approximate surface area is 168 Å². The molecule has 1 heterocycles. The molecule has 0 spiro atoms. The lowest BCUT2D eigenvalue weighted by Crippen LogP contribution is -2.40. The second-order valence-corrected chi connectivity index (χ2v) is 8.78. The molecular formula is C19H20ClFN2O4S. The van der Waals surface area contributed by atoms with Gasteiger partial charge in [0.2, 0.25) is 10.0 Å². The number of hydrogen-bond acceptors (Lipinski definition) is 4. The second kappa shape index (κ2) is 8.57. The summed E-state index contributed by atoms with van der Waals surface area (Å²) in [5.41, 5.74) is 0.418. The summed E-state index contributed by atoms with van der Waals surface area (Å²) in [5.74, 6) is -1.50. The third kappa shape index (κ3) is 4.52. The Morgan fingerprint density at radius 3 is 2.61 bits per heavy atom. The fraction of sp³-hybridized carbons (Fsp3) is 0.316. The number of carbonyl (C=O) groups is 1. The Hall–Kier alpha value is -2.00. The number of carbonyl (C=O) groups excluding carboxylic acids is 1. The van der Waals surface area contributed by atoms with Crippen LogP contribution in [0.3, 0.4) is 0 Å². The van der Waals surface area contributed by atoms with E-state index in [4.69, 9.17) is 16.3 Å². The molecule has 1 aliphatic rings. The van der Waals surface area contributed by atoms with E-state index in [2.05, 4.69) is 5.32 Å². The zero-order valence-electron chi connectivity index (χ0n) is 15.2. The van der Waals surface area contributed by atoms with Crippen LogP contribution in [-0.4, -0.2) is 44.9 Å². The molecule has 1 amide bonds. The Balaban J connectivity index is 1.83. The van der Waals surface area contributed by atoms with E-state index < -0.39 is 27.8 Å². The average molecular weight is 427 g/mol. The highest BCUT2D eigenvalue weighted by Crippen LogP contribution is 2.22. The third-order valence-corrected chi connectivity index (χ3v) is 6.62. The van der Waals surface area contributed by atoms with Gasteiger partial charge in [-0.1, -0.05) is 23.7 Å². The van der Waals surface area contributed by atoms with Crippen LogP contribution < -0.4 is 5.32 Å². The first-order chi connectivity index (χ1) is 13.3. The van der Waals surface area contributed by atoms with E-state index in [9.17, 15) is 17.6 Å². The van der Waals surface area contributed by atoms with Crippen LogP contribution in [0.4, 0.5) is 4.39 Å². The molecule has 0 saturated carbocycles. The van der Waals surface area contributed by atoms with Gasteiger partial charge in [0.25, 0.3) is 5.91 Å². The van der Waals surface area contributed by atoms with E-state index in [0.717, 1.165) is 23.8 Å². The standard InChI is InChI=1S/C19H20ClFN2O4S/c1-13(14-3-2-4-15(20)11-14)22-19(24)17-12-16(5-6-18(17)21)28(25,26)23-7-9-27-10-8-23/h2-6,11-13H,7-10H2,1H3,(H,22,24). The van der Waals surface area contributed by atoms with Crippen LogP contribution in [0.15, 0.2) is 47.4 Å². The number of morpholine rings is 1. The molecule has 1 aliphatic heterocycles. The van der Waals surface area contributed by atoms with Crippen molar-refractivity contribution < 1.29 is 22.3 Å². The van der Waals surface area contributed by atoms with E-state index in [1.807, 2.05) is 0 Å². The summed E-state index contributed by atoms with van der Waals surface area (Å²) in [6.07, 6.45) is 0. The Kier molecular flexibility index (Phi) is 6.34. The van der Waals surface area contributed by atoms with Crippen molar-refractivity contribution in [3.63, 3.8) is 0 Å². The molecule has 6 nitrogen and oxygen atoms in total. The number of nitrogens with zero attached hydrogens (tertiary/aromatic N) is 1. The normalized spacial score (nSPS) is 16.5. The first-order valence-corrected chi connectivity index (χ1v) is 10.5. The zero-order valence-corrected chi connectivity index (χ0v) is 16.8. The molecular weight excluding hydrogens is 407 g/mol. The second-order valence-electron chi connectivity index (χ2n) is 6.41. The SMILES string of the molecule is CC(NC(=O)c1cc(S(=O)(=O)N2CCOCC2)ccc1F)c1cccc(Cl)c1. The maximum atomic E-state index is 14.3. The molecule has 28 heavy (non-hydrogen) atoms. The summed E-state index contributed by atoms with van der Waals surface area (Å²) in [7, 11) is -3.83. The van der Waals surface area contributed by atoms with Crippen molar-refractivity contribution in [1.29, 1.82) is 0 Å². The van der Waals surface area contributed by atoms with Crippen molar-refractivity contribution >= 4 is 27.5 Å². The van der Waals surface area contributed by atoms with Crippen LogP contribution in [0.1, 0.15) is 28.9 Å². The number of amides is 1. The Morgan fingerprint density at radius 1 is 1.21 bits per heavy atom. The van der Waals surface area contributed by atoms with E-state index >= 15 is 0 Å². The molecule has 0 bridgehead atoms. The van der Waals surface area contributed by atoms with Gasteiger partial charge in [-0.05, 0) is 42.8 Å². The minimum Gasteiger partial charge on any atom is -0.379 e. The highest BCUT2D eigenvalue weighted by molar-refractivity contribution is 7.89. The predicted octanol–water partition coefficient (Wildman–Crippen LogP) is 2.99. The largest absolute Gasteiger partial charge is 0.379 e. The fourth-order valence-electron chi connectivity index (χ4n) is 2.91. The molecule has 0 radical (unpaired) electrons. The summed E-state index contributed by atoms with van der Waals surface area (Å²) < 4.78 is 46.2. The Bertz CT molecular complexity index is 978. The fourth-order valence-corrected chi connectivity index (χ4v) is 4.54. The van der Waals surface area contributed by atoms with Gasteiger partial charge >= 0.3 is 0 Å². The van der Waals surface area contributed by atoms with Gasteiger partial charge in [0.15, 0.2) is 0 Å². The minimum absolute atomic E-state index is 0.128. The van der Waals surface area contributed by atoms with Crippen molar-refractivity contribution in [2.24, 2.45) is 0 Å². The number of hydrogen-bond donors (Lipinski definition) is 1. The van der Waals surface area contributed by atoms with Gasteiger partial charge in [0.1, 0.15) is 5.82 Å². The molecule has 150 valence electrons. The van der Waals surface area contributed by atoms with Gasteiger partial charge in [0, 0.05) is 18.1 Å². The molecule has 2 aromatic rings. The monoisotopic (exact) mass is 426 g/mol. The lowest BCUT2D eigenvalue weighted by molar-refractivity contribution is 0.0730. The van der Waals surface area contributed by atoms with E-state index in [1.165, 1.54) is 4.31 Å². The van der Waals surface area contributed by atoms with Crippen molar-refractivity contribution in [3.05, 3.63) is 64.4 Å². The van der Waals surface area contributed by atoms with Crippen LogP contribution >= 0.6 is 11.6 Å². The van der Waals surface area contributed by atoms with Crippen molar-refractivity contribution in [1.82, 2.24) is 9.62 Å². The van der Waals surface area contributed by atoms with Crippen LogP contribution in [0, 0.1) is 5.82 Å². The maximum absolute atomic E-state index is 14.3. The molecule has 1 unspecified atom stereocenters. The van der Waals surface area contributed by atoms with Gasteiger partial charge in [-0.15, -0.1) is 0 Å². The maximum Gasteiger partial charge on any atom is 0.254 e. The van der Waals surface area contributed by atoms with Crippen molar-refractivity contribution in [2.45, 2.75) is 17.9 Å². The molecule has 9 heteroatoms. The summed E-state index contributed by atoms with van der Waals surface area (Å²) in [6, 6.07) is 9.72. The lowest BCUT2D eigenvalue weighted by atomic mass is 10.1. The molecule has 2 aromatic carbocycles. The summed E-state index contributed by atoms with van der Waals surface area (Å²) >= 11 is 5.96. The summed E-state index contributed by atoms with van der Waals surface area (Å²) in [6.45, 7) is 2.76. The van der Waals surface area contributed by atoms with Gasteiger partial charge in [-0.2, -0.15) is 4.31 Å². The molecule has 1 atom stereocenters. The topological polar surface area (TPSA) is 75.7 Å². The highest BCUT2D eigenvalue weighted by atomic mass is 35.5. The highest BCUT2D eigenvalue weighted by Gasteiger charge is 2.28. The number of benzene rings is 2. The van der Waals surface area contributed by atoms with Crippen molar-refractivity contribution in [2.75, 3.05) is 26.3 Å². The Morgan fingerprint density at radius 2 is 1.93 bits per heavy atom. The van der Waals surface area contributed by atoms with E-state index in [0.29, 0.717) is 18.2 Å². The predicted molar refractivity (Wildman–Crippen MR) is 103 cm³/mol. The number of sulfonamides is 1. The van der Waals surface area contributed by atoms with Crippen LogP contribution in [0.25, 0.3) is 0 Å². The number of rotatable bonds is 5. The lowest BCUT2D eigenvalue weighted by Gasteiger charge is -2.26. The number of halogens is 2. The molecule has 0 aromatic heterocycles.